The molecule has 1 aliphatic heterocycles. The zero-order chi connectivity index (χ0) is 25.9. The Hall–Kier alpha value is -3.56. The second-order valence-corrected chi connectivity index (χ2v) is 8.75. The normalized spacial score (nSPS) is 15.0. The van der Waals surface area contributed by atoms with Crippen LogP contribution in [-0.4, -0.2) is 63.9 Å². The van der Waals surface area contributed by atoms with Crippen molar-refractivity contribution in [2.75, 3.05) is 39.1 Å². The second kappa shape index (κ2) is 13.5. The number of rotatable bonds is 12. The first-order chi connectivity index (χ1) is 17.5. The molecule has 3 rings (SSSR count). The van der Waals surface area contributed by atoms with Crippen LogP contribution in [0.2, 0.25) is 0 Å². The Bertz CT molecular complexity index is 1090. The molecule has 1 fully saturated rings. The first kappa shape index (κ1) is 27.0. The number of aryl methyl sites for hydroxylation is 1. The van der Waals surface area contributed by atoms with Gasteiger partial charge in [0.25, 0.3) is 6.01 Å². The number of carbonyl (C=O) groups excluding carboxylic acids is 1. The Morgan fingerprint density at radius 1 is 1.25 bits per heavy atom. The molecule has 2 aromatic heterocycles. The number of piperidine rings is 1. The summed E-state index contributed by atoms with van der Waals surface area (Å²) in [6, 6.07) is 0.702. The van der Waals surface area contributed by atoms with Crippen molar-refractivity contribution in [3.05, 3.63) is 36.5 Å². The number of anilines is 1. The van der Waals surface area contributed by atoms with Crippen LogP contribution in [0.4, 0.5) is 10.6 Å². The van der Waals surface area contributed by atoms with Crippen molar-refractivity contribution in [1.82, 2.24) is 24.4 Å². The molecule has 1 amide bonds. The largest absolute Gasteiger partial charge is 0.468 e. The quantitative estimate of drug-likeness (QED) is 0.335. The summed E-state index contributed by atoms with van der Waals surface area (Å²) in [5.74, 6) is 0.730. The number of hydrogen-bond acceptors (Lipinski definition) is 8. The average Bonchev–Trinajstić information content (AvgIpc) is 3.26. The fraction of sp³-hybridized carbons (Fsp3) is 0.538. The third-order valence-corrected chi connectivity index (χ3v) is 6.29. The van der Waals surface area contributed by atoms with Gasteiger partial charge in [0.2, 0.25) is 0 Å². The molecule has 3 heterocycles. The number of fused-ring (bicyclic) bond motifs is 1. The van der Waals surface area contributed by atoms with Crippen LogP contribution in [0.1, 0.15) is 46.0 Å². The maximum atomic E-state index is 12.5. The van der Waals surface area contributed by atoms with E-state index in [9.17, 15) is 4.79 Å². The molecule has 2 aromatic rings. The van der Waals surface area contributed by atoms with Crippen molar-refractivity contribution in [2.24, 2.45) is 5.92 Å². The fourth-order valence-electron chi connectivity index (χ4n) is 4.08. The van der Waals surface area contributed by atoms with E-state index in [2.05, 4.69) is 28.5 Å². The number of nitrogens with zero attached hydrogens (tertiary/aromatic N) is 5. The number of nitrogens with two attached hydrogens (primary N) is 1. The minimum Gasteiger partial charge on any atom is -0.468 e. The Morgan fingerprint density at radius 2 is 2.03 bits per heavy atom. The minimum absolute atomic E-state index is 0.252. The van der Waals surface area contributed by atoms with Crippen LogP contribution in [0.25, 0.3) is 11.2 Å². The fourth-order valence-corrected chi connectivity index (χ4v) is 4.08. The van der Waals surface area contributed by atoms with E-state index in [1.54, 1.807) is 18.1 Å². The van der Waals surface area contributed by atoms with Crippen molar-refractivity contribution in [2.45, 2.75) is 52.5 Å². The van der Waals surface area contributed by atoms with Crippen LogP contribution in [0, 0.1) is 5.92 Å². The summed E-state index contributed by atoms with van der Waals surface area (Å²) < 4.78 is 18.6. The van der Waals surface area contributed by atoms with Crippen molar-refractivity contribution in [3.63, 3.8) is 0 Å². The molecule has 1 saturated heterocycles. The molecule has 10 nitrogen and oxygen atoms in total. The van der Waals surface area contributed by atoms with E-state index in [0.29, 0.717) is 49.3 Å². The van der Waals surface area contributed by atoms with Crippen LogP contribution >= 0.6 is 0 Å². The molecule has 2 N–H and O–H groups in total. The number of amides is 1. The SMILES string of the molecule is C=CC=CC(=CC)COC(=O)N1CCC(CCn2c(OC)nc3c(N)nc(OCCCC)nc32)CC1. The van der Waals surface area contributed by atoms with Gasteiger partial charge in [-0.3, -0.25) is 4.57 Å². The van der Waals surface area contributed by atoms with Crippen molar-refractivity contribution in [1.29, 1.82) is 0 Å². The highest BCUT2D eigenvalue weighted by molar-refractivity contribution is 5.83. The Balaban J connectivity index is 1.57. The third-order valence-electron chi connectivity index (χ3n) is 6.29. The molecular formula is C26H38N6O4. The molecule has 0 spiro atoms. The van der Waals surface area contributed by atoms with Gasteiger partial charge >= 0.3 is 12.1 Å². The second-order valence-electron chi connectivity index (χ2n) is 8.75. The molecule has 36 heavy (non-hydrogen) atoms. The summed E-state index contributed by atoms with van der Waals surface area (Å²) in [6.45, 7) is 10.5. The number of imidazole rings is 1. The lowest BCUT2D eigenvalue weighted by Gasteiger charge is -2.31. The molecule has 196 valence electrons. The van der Waals surface area contributed by atoms with E-state index in [1.165, 1.54) is 0 Å². The molecule has 0 aromatic carbocycles. The topological polar surface area (TPSA) is 118 Å². The van der Waals surface area contributed by atoms with E-state index >= 15 is 0 Å². The summed E-state index contributed by atoms with van der Waals surface area (Å²) in [6.07, 6.45) is 11.7. The average molecular weight is 499 g/mol. The van der Waals surface area contributed by atoms with Crippen LogP contribution in [-0.2, 0) is 11.3 Å². The lowest BCUT2D eigenvalue weighted by molar-refractivity contribution is 0.0934. The maximum absolute atomic E-state index is 12.5. The predicted molar refractivity (Wildman–Crippen MR) is 140 cm³/mol. The van der Waals surface area contributed by atoms with Crippen LogP contribution in [0.5, 0.6) is 12.0 Å². The molecule has 0 saturated carbocycles. The molecule has 0 bridgehead atoms. The Morgan fingerprint density at radius 3 is 2.69 bits per heavy atom. The number of unbranched alkanes of at least 4 members (excludes halogenated alkanes) is 1. The summed E-state index contributed by atoms with van der Waals surface area (Å²) in [4.78, 5) is 27.5. The highest BCUT2D eigenvalue weighted by Gasteiger charge is 2.25. The van der Waals surface area contributed by atoms with Crippen molar-refractivity contribution in [3.8, 4) is 12.0 Å². The first-order valence-electron chi connectivity index (χ1n) is 12.6. The number of methoxy groups -OCH3 is 1. The number of hydrogen-bond donors (Lipinski definition) is 1. The highest BCUT2D eigenvalue weighted by atomic mass is 16.6. The van der Waals surface area contributed by atoms with Gasteiger partial charge in [-0.25, -0.2) is 4.79 Å². The zero-order valence-electron chi connectivity index (χ0n) is 21.6. The van der Waals surface area contributed by atoms with Gasteiger partial charge in [0, 0.05) is 19.6 Å². The molecule has 0 unspecified atom stereocenters. The van der Waals surface area contributed by atoms with Gasteiger partial charge in [0.05, 0.1) is 13.7 Å². The van der Waals surface area contributed by atoms with Gasteiger partial charge < -0.3 is 24.8 Å². The number of allylic oxidation sites excluding steroid dienone is 3. The van der Waals surface area contributed by atoms with E-state index in [4.69, 9.17) is 19.9 Å². The number of nitrogen functional groups attached to an aromatic ring is 1. The number of aromatic nitrogens is 4. The summed E-state index contributed by atoms with van der Waals surface area (Å²) >= 11 is 0. The van der Waals surface area contributed by atoms with Gasteiger partial charge in [-0.15, -0.1) is 0 Å². The molecule has 10 heteroatoms. The summed E-state index contributed by atoms with van der Waals surface area (Å²) in [7, 11) is 1.58. The standard InChI is InChI=1S/C26H38N6O4/c1-5-8-10-19(7-3)18-36-26(33)31-14-11-20(12-15-31)13-16-32-23-21(28-25(32)34-4)22(27)29-24(30-23)35-17-9-6-2/h5,7-8,10,20H,1,6,9,11-18H2,2-4H3,(H2,27,29,30). The molecule has 1 aliphatic rings. The lowest BCUT2D eigenvalue weighted by atomic mass is 9.94. The van der Waals surface area contributed by atoms with Gasteiger partial charge in [0.15, 0.2) is 17.0 Å². The Labute approximate surface area is 212 Å². The number of ether oxygens (including phenoxy) is 3. The smallest absolute Gasteiger partial charge is 0.410 e. The van der Waals surface area contributed by atoms with Gasteiger partial charge in [-0.05, 0) is 44.1 Å². The van der Waals surface area contributed by atoms with Crippen LogP contribution < -0.4 is 15.2 Å². The van der Waals surface area contributed by atoms with E-state index in [-0.39, 0.29) is 24.5 Å². The summed E-state index contributed by atoms with van der Waals surface area (Å²) in [5, 5.41) is 0. The Kier molecular flexibility index (Phi) is 10.1. The van der Waals surface area contributed by atoms with Crippen molar-refractivity contribution < 1.29 is 19.0 Å². The van der Waals surface area contributed by atoms with Gasteiger partial charge in [-0.1, -0.05) is 44.2 Å². The molecule has 0 radical (unpaired) electrons. The maximum Gasteiger partial charge on any atom is 0.410 e. The predicted octanol–water partition coefficient (Wildman–Crippen LogP) is 4.52. The zero-order valence-corrected chi connectivity index (χ0v) is 21.6. The summed E-state index contributed by atoms with van der Waals surface area (Å²) in [5.41, 5.74) is 8.19. The highest BCUT2D eigenvalue weighted by Crippen LogP contribution is 2.28. The lowest BCUT2D eigenvalue weighted by Crippen LogP contribution is -2.39. The number of carbonyl (C=O) groups is 1. The monoisotopic (exact) mass is 498 g/mol. The van der Waals surface area contributed by atoms with Crippen LogP contribution in [0.15, 0.2) is 36.5 Å². The third kappa shape index (κ3) is 6.99. The van der Waals surface area contributed by atoms with E-state index < -0.39 is 0 Å². The molecule has 0 aliphatic carbocycles. The van der Waals surface area contributed by atoms with Gasteiger partial charge in [-0.2, -0.15) is 15.0 Å². The minimum atomic E-state index is -0.273. The van der Waals surface area contributed by atoms with Crippen molar-refractivity contribution >= 4 is 23.1 Å². The van der Waals surface area contributed by atoms with Crippen LogP contribution in [0.3, 0.4) is 0 Å². The van der Waals surface area contributed by atoms with Gasteiger partial charge in [0.1, 0.15) is 6.61 Å². The molecular weight excluding hydrogens is 460 g/mol. The van der Waals surface area contributed by atoms with E-state index in [1.807, 2.05) is 29.7 Å². The first-order valence-corrected chi connectivity index (χ1v) is 12.6. The number of likely N-dealkylation sites (tertiary alicyclic amines) is 1. The van der Waals surface area contributed by atoms with E-state index in [0.717, 1.165) is 37.7 Å². The molecule has 0 atom stereocenters.